The van der Waals surface area contributed by atoms with Gasteiger partial charge in [0.1, 0.15) is 0 Å². The first-order valence-electron chi connectivity index (χ1n) is 16.3. The SMILES string of the molecule is OCCN(CCO)c1cc(-c2ccccn2)nc(-c2ccccn2)c1.OCCN(CCO)c1cc(-c2ccccn2)nc(-c2ccccn2)c1.[Cl-].[Cl-].[Mn]. The van der Waals surface area contributed by atoms with E-state index in [1.54, 1.807) is 24.8 Å². The standard InChI is InChI=1S/2C19H20N4O2.2ClH.Mn/c2*24-11-9-23(10-12-25)15-13-18(16-5-1-3-7-20-16)22-19(14-15)17-6-2-4-8-21-17;;;/h2*1-8,13-14,24-25H,9-12H2;2*1H;/p-2. The first kappa shape index (κ1) is 44.6. The van der Waals surface area contributed by atoms with Gasteiger partial charge in [-0.15, -0.1) is 0 Å². The number of hydrogen-bond donors (Lipinski definition) is 4. The van der Waals surface area contributed by atoms with Gasteiger partial charge in [-0.25, -0.2) is 9.97 Å². The quantitative estimate of drug-likeness (QED) is 0.0899. The van der Waals surface area contributed by atoms with Crippen LogP contribution in [0.4, 0.5) is 11.4 Å². The van der Waals surface area contributed by atoms with E-state index in [9.17, 15) is 20.4 Å². The van der Waals surface area contributed by atoms with Crippen molar-refractivity contribution < 1.29 is 62.3 Å². The molecule has 0 aliphatic carbocycles. The van der Waals surface area contributed by atoms with Crippen LogP contribution >= 0.6 is 0 Å². The molecule has 279 valence electrons. The van der Waals surface area contributed by atoms with Crippen molar-refractivity contribution in [2.24, 2.45) is 0 Å². The molecule has 0 saturated heterocycles. The molecule has 4 N–H and O–H groups in total. The summed E-state index contributed by atoms with van der Waals surface area (Å²) in [5, 5.41) is 37.3. The Balaban J connectivity index is 0.000000347. The second-order valence-corrected chi connectivity index (χ2v) is 10.9. The number of aromatic nitrogens is 6. The third kappa shape index (κ3) is 12.8. The maximum absolute atomic E-state index is 9.33. The summed E-state index contributed by atoms with van der Waals surface area (Å²) in [6.07, 6.45) is 6.90. The molecule has 6 aromatic heterocycles. The van der Waals surface area contributed by atoms with E-state index < -0.39 is 0 Å². The molecule has 0 bridgehead atoms. The number of halogens is 2. The van der Waals surface area contributed by atoms with Gasteiger partial charge in [0.05, 0.1) is 72.0 Å². The normalized spacial score (nSPS) is 10.0. The first-order valence-corrected chi connectivity index (χ1v) is 16.3. The molecule has 6 rings (SSSR count). The number of anilines is 2. The Kier molecular flexibility index (Phi) is 20.1. The molecular formula is C38H40Cl2MnN8O4-2. The summed E-state index contributed by atoms with van der Waals surface area (Å²) >= 11 is 0. The minimum Gasteiger partial charge on any atom is -1.00 e. The van der Waals surface area contributed by atoms with Crippen molar-refractivity contribution in [3.63, 3.8) is 0 Å². The smallest absolute Gasteiger partial charge is 0.0914 e. The van der Waals surface area contributed by atoms with Crippen LogP contribution in [0, 0.1) is 0 Å². The Labute approximate surface area is 332 Å². The van der Waals surface area contributed by atoms with Crippen LogP contribution in [-0.4, -0.2) is 103 Å². The summed E-state index contributed by atoms with van der Waals surface area (Å²) in [6.45, 7) is 1.70. The van der Waals surface area contributed by atoms with Crippen LogP contribution in [0.15, 0.2) is 122 Å². The molecule has 0 aliphatic heterocycles. The third-order valence-electron chi connectivity index (χ3n) is 7.54. The molecule has 0 aliphatic rings. The van der Waals surface area contributed by atoms with Crippen LogP contribution in [0.2, 0.25) is 0 Å². The van der Waals surface area contributed by atoms with Gasteiger partial charge in [0.25, 0.3) is 0 Å². The molecule has 6 aromatic rings. The van der Waals surface area contributed by atoms with E-state index in [1.165, 1.54) is 0 Å². The van der Waals surface area contributed by atoms with E-state index >= 15 is 0 Å². The maximum atomic E-state index is 9.33. The fraction of sp³-hybridized carbons (Fsp3) is 0.211. The molecule has 0 aromatic carbocycles. The molecule has 6 heterocycles. The van der Waals surface area contributed by atoms with E-state index in [0.717, 1.165) is 56.9 Å². The van der Waals surface area contributed by atoms with Gasteiger partial charge >= 0.3 is 0 Å². The monoisotopic (exact) mass is 797 g/mol. The number of nitrogens with zero attached hydrogens (tertiary/aromatic N) is 8. The van der Waals surface area contributed by atoms with Gasteiger partial charge < -0.3 is 55.0 Å². The third-order valence-corrected chi connectivity index (χ3v) is 7.54. The second kappa shape index (κ2) is 23.9. The number of aliphatic hydroxyl groups is 4. The summed E-state index contributed by atoms with van der Waals surface area (Å²) in [6, 6.07) is 30.3. The average Bonchev–Trinajstić information content (AvgIpc) is 3.19. The van der Waals surface area contributed by atoms with Crippen molar-refractivity contribution in [1.29, 1.82) is 0 Å². The van der Waals surface area contributed by atoms with Crippen molar-refractivity contribution in [3.8, 4) is 45.6 Å². The zero-order chi connectivity index (χ0) is 35.0. The Bertz CT molecular complexity index is 1620. The Morgan fingerprint density at radius 1 is 0.377 bits per heavy atom. The molecule has 53 heavy (non-hydrogen) atoms. The number of hydrogen-bond acceptors (Lipinski definition) is 12. The van der Waals surface area contributed by atoms with Crippen molar-refractivity contribution in [2.75, 3.05) is 62.4 Å². The van der Waals surface area contributed by atoms with Crippen molar-refractivity contribution >= 4 is 11.4 Å². The first-order chi connectivity index (χ1) is 24.6. The number of aliphatic hydroxyl groups excluding tert-OH is 4. The Morgan fingerprint density at radius 3 is 0.811 bits per heavy atom. The van der Waals surface area contributed by atoms with Crippen molar-refractivity contribution in [1.82, 2.24) is 29.9 Å². The molecule has 0 fully saturated rings. The van der Waals surface area contributed by atoms with Gasteiger partial charge in [-0.3, -0.25) is 19.9 Å². The van der Waals surface area contributed by atoms with E-state index in [2.05, 4.69) is 19.9 Å². The minimum absolute atomic E-state index is 0. The molecule has 12 nitrogen and oxygen atoms in total. The topological polar surface area (TPSA) is 165 Å². The molecule has 1 radical (unpaired) electrons. The van der Waals surface area contributed by atoms with E-state index in [0.29, 0.717) is 26.2 Å². The van der Waals surface area contributed by atoms with Crippen molar-refractivity contribution in [2.45, 2.75) is 0 Å². The fourth-order valence-electron chi connectivity index (χ4n) is 5.20. The number of pyridine rings is 6. The van der Waals surface area contributed by atoms with Crippen LogP contribution < -0.4 is 34.6 Å². The van der Waals surface area contributed by atoms with Gasteiger partial charge in [0.15, 0.2) is 0 Å². The second-order valence-electron chi connectivity index (χ2n) is 10.9. The predicted octanol–water partition coefficient (Wildman–Crippen LogP) is -2.00. The van der Waals surface area contributed by atoms with Gasteiger partial charge in [0, 0.05) is 79.4 Å². The van der Waals surface area contributed by atoms with Gasteiger partial charge in [-0.1, -0.05) is 24.3 Å². The number of rotatable bonds is 14. The largest absolute Gasteiger partial charge is 1.00 e. The van der Waals surface area contributed by atoms with Gasteiger partial charge in [-0.2, -0.15) is 0 Å². The Hall–Kier alpha value is -4.56. The predicted molar refractivity (Wildman–Crippen MR) is 194 cm³/mol. The van der Waals surface area contributed by atoms with Crippen LogP contribution in [-0.2, 0) is 17.1 Å². The molecule has 0 atom stereocenters. The fourth-order valence-corrected chi connectivity index (χ4v) is 5.20. The molecule has 0 amide bonds. The van der Waals surface area contributed by atoms with Crippen LogP contribution in [0.25, 0.3) is 45.6 Å². The van der Waals surface area contributed by atoms with E-state index in [-0.39, 0.29) is 68.3 Å². The molecule has 15 heteroatoms. The summed E-state index contributed by atoms with van der Waals surface area (Å²) in [5.41, 5.74) is 7.64. The Morgan fingerprint density at radius 2 is 0.623 bits per heavy atom. The zero-order valence-corrected chi connectivity index (χ0v) is 31.4. The van der Waals surface area contributed by atoms with E-state index in [4.69, 9.17) is 9.97 Å². The van der Waals surface area contributed by atoms with Gasteiger partial charge in [0.2, 0.25) is 0 Å². The zero-order valence-electron chi connectivity index (χ0n) is 28.7. The maximum Gasteiger partial charge on any atom is 0.0914 e. The summed E-state index contributed by atoms with van der Waals surface area (Å²) < 4.78 is 0. The summed E-state index contributed by atoms with van der Waals surface area (Å²) in [5.74, 6) is 0. The molecule has 0 saturated carbocycles. The molecule has 0 unspecified atom stereocenters. The summed E-state index contributed by atoms with van der Waals surface area (Å²) in [7, 11) is 0. The van der Waals surface area contributed by atoms with Crippen LogP contribution in [0.3, 0.4) is 0 Å². The van der Waals surface area contributed by atoms with Gasteiger partial charge in [-0.05, 0) is 72.8 Å². The van der Waals surface area contributed by atoms with Crippen LogP contribution in [0.5, 0.6) is 0 Å². The molecular weight excluding hydrogens is 758 g/mol. The molecule has 0 spiro atoms. The van der Waals surface area contributed by atoms with E-state index in [1.807, 2.05) is 107 Å². The van der Waals surface area contributed by atoms with Crippen molar-refractivity contribution in [3.05, 3.63) is 122 Å². The van der Waals surface area contributed by atoms with Crippen LogP contribution in [0.1, 0.15) is 0 Å². The average molecular weight is 799 g/mol. The summed E-state index contributed by atoms with van der Waals surface area (Å²) in [4.78, 5) is 30.7. The minimum atomic E-state index is 0.